The van der Waals surface area contributed by atoms with E-state index < -0.39 is 0 Å². The maximum Gasteiger partial charge on any atom is 0.0110 e. The van der Waals surface area contributed by atoms with Crippen LogP contribution in [0, 0.1) is 0 Å². The molecule has 0 spiro atoms. The van der Waals surface area contributed by atoms with E-state index in [4.69, 9.17) is 0 Å². The largest absolute Gasteiger partial charge is 0.315 e. The van der Waals surface area contributed by atoms with Crippen LogP contribution >= 0.6 is 11.8 Å². The Morgan fingerprint density at radius 2 is 2.31 bits per heavy atom. The summed E-state index contributed by atoms with van der Waals surface area (Å²) in [5, 5.41) is 3.45. The van der Waals surface area contributed by atoms with Crippen molar-refractivity contribution >= 4 is 11.8 Å². The highest BCUT2D eigenvalue weighted by Gasteiger charge is 2.15. The molecule has 1 saturated heterocycles. The summed E-state index contributed by atoms with van der Waals surface area (Å²) in [6, 6.07) is 0.775. The van der Waals surface area contributed by atoms with Gasteiger partial charge in [0.2, 0.25) is 0 Å². The van der Waals surface area contributed by atoms with Crippen molar-refractivity contribution in [2.75, 3.05) is 38.2 Å². The topological polar surface area (TPSA) is 15.3 Å². The first kappa shape index (κ1) is 11.3. The average molecular weight is 202 g/mol. The van der Waals surface area contributed by atoms with Crippen LogP contribution in [0.25, 0.3) is 0 Å². The standard InChI is InChI=1S/C10H22N2S/c1-10-4-5-11-6-8-12(10)7-3-9-13-2/h10-11H,3-9H2,1-2H3. The second kappa shape index (κ2) is 6.68. The summed E-state index contributed by atoms with van der Waals surface area (Å²) in [6.45, 7) is 7.23. The number of hydrogen-bond acceptors (Lipinski definition) is 3. The van der Waals surface area contributed by atoms with Gasteiger partial charge in [-0.25, -0.2) is 0 Å². The van der Waals surface area contributed by atoms with E-state index in [2.05, 4.69) is 23.4 Å². The van der Waals surface area contributed by atoms with Gasteiger partial charge in [0.15, 0.2) is 0 Å². The lowest BCUT2D eigenvalue weighted by Crippen LogP contribution is -2.35. The Hall–Kier alpha value is 0.270. The van der Waals surface area contributed by atoms with Gasteiger partial charge in [0, 0.05) is 19.1 Å². The predicted molar refractivity (Wildman–Crippen MR) is 61.5 cm³/mol. The molecule has 1 N–H and O–H groups in total. The minimum atomic E-state index is 0.775. The third kappa shape index (κ3) is 4.34. The number of rotatable bonds is 4. The zero-order valence-corrected chi connectivity index (χ0v) is 9.70. The van der Waals surface area contributed by atoms with E-state index in [1.807, 2.05) is 11.8 Å². The summed E-state index contributed by atoms with van der Waals surface area (Å²) in [6.07, 6.45) is 4.83. The smallest absolute Gasteiger partial charge is 0.0110 e. The van der Waals surface area contributed by atoms with Crippen LogP contribution in [0.3, 0.4) is 0 Å². The van der Waals surface area contributed by atoms with Gasteiger partial charge < -0.3 is 5.32 Å². The first-order valence-electron chi connectivity index (χ1n) is 5.28. The molecule has 0 aromatic rings. The van der Waals surface area contributed by atoms with Crippen LogP contribution in [0.1, 0.15) is 19.8 Å². The third-order valence-corrected chi connectivity index (χ3v) is 3.43. The second-order valence-electron chi connectivity index (χ2n) is 3.77. The summed E-state index contributed by atoms with van der Waals surface area (Å²) in [4.78, 5) is 2.62. The highest BCUT2D eigenvalue weighted by Crippen LogP contribution is 2.07. The number of nitrogens with zero attached hydrogens (tertiary/aromatic N) is 1. The van der Waals surface area contributed by atoms with Crippen LogP contribution in [0.5, 0.6) is 0 Å². The molecule has 2 nitrogen and oxygen atoms in total. The molecule has 0 aromatic carbocycles. The molecule has 3 heteroatoms. The van der Waals surface area contributed by atoms with Crippen molar-refractivity contribution in [3.05, 3.63) is 0 Å². The highest BCUT2D eigenvalue weighted by molar-refractivity contribution is 7.98. The van der Waals surface area contributed by atoms with Crippen molar-refractivity contribution in [3.8, 4) is 0 Å². The molecule has 1 aliphatic rings. The third-order valence-electron chi connectivity index (χ3n) is 2.73. The number of thioether (sulfide) groups is 1. The van der Waals surface area contributed by atoms with Gasteiger partial charge in [0.05, 0.1) is 0 Å². The molecule has 0 amide bonds. The van der Waals surface area contributed by atoms with Crippen LogP contribution in [0.2, 0.25) is 0 Å². The van der Waals surface area contributed by atoms with Gasteiger partial charge >= 0.3 is 0 Å². The van der Waals surface area contributed by atoms with Gasteiger partial charge in [-0.1, -0.05) is 0 Å². The molecule has 1 aliphatic heterocycles. The molecule has 78 valence electrons. The Kier molecular flexibility index (Phi) is 5.83. The maximum absolute atomic E-state index is 3.45. The molecule has 1 fully saturated rings. The SMILES string of the molecule is CSCCCN1CCNCCC1C. The van der Waals surface area contributed by atoms with Gasteiger partial charge in [0.1, 0.15) is 0 Å². The van der Waals surface area contributed by atoms with Gasteiger partial charge in [-0.3, -0.25) is 4.90 Å². The van der Waals surface area contributed by atoms with Crippen molar-refractivity contribution in [2.24, 2.45) is 0 Å². The lowest BCUT2D eigenvalue weighted by Gasteiger charge is -2.26. The van der Waals surface area contributed by atoms with E-state index in [9.17, 15) is 0 Å². The van der Waals surface area contributed by atoms with Crippen molar-refractivity contribution < 1.29 is 0 Å². The fraction of sp³-hybridized carbons (Fsp3) is 1.00. The van der Waals surface area contributed by atoms with Crippen LogP contribution in [0.15, 0.2) is 0 Å². The van der Waals surface area contributed by atoms with Gasteiger partial charge in [-0.05, 0) is 44.9 Å². The summed E-state index contributed by atoms with van der Waals surface area (Å²) < 4.78 is 0. The van der Waals surface area contributed by atoms with E-state index in [0.717, 1.165) is 6.04 Å². The second-order valence-corrected chi connectivity index (χ2v) is 4.76. The Bertz CT molecular complexity index is 130. The molecular formula is C10H22N2S. The first-order valence-corrected chi connectivity index (χ1v) is 6.67. The van der Waals surface area contributed by atoms with Gasteiger partial charge in [0.25, 0.3) is 0 Å². The fourth-order valence-corrected chi connectivity index (χ4v) is 2.22. The Morgan fingerprint density at radius 1 is 1.46 bits per heavy atom. The van der Waals surface area contributed by atoms with Crippen molar-refractivity contribution in [1.82, 2.24) is 10.2 Å². The molecule has 0 aromatic heterocycles. The van der Waals surface area contributed by atoms with E-state index >= 15 is 0 Å². The van der Waals surface area contributed by atoms with Crippen molar-refractivity contribution in [2.45, 2.75) is 25.8 Å². The molecule has 13 heavy (non-hydrogen) atoms. The number of nitrogens with one attached hydrogen (secondary N) is 1. The lowest BCUT2D eigenvalue weighted by atomic mass is 10.2. The van der Waals surface area contributed by atoms with E-state index in [0.29, 0.717) is 0 Å². The minimum Gasteiger partial charge on any atom is -0.315 e. The van der Waals surface area contributed by atoms with Gasteiger partial charge in [-0.15, -0.1) is 0 Å². The number of hydrogen-bond donors (Lipinski definition) is 1. The molecule has 0 radical (unpaired) electrons. The molecule has 1 heterocycles. The predicted octanol–water partition coefficient (Wildman–Crippen LogP) is 1.42. The molecule has 1 atom stereocenters. The fourth-order valence-electron chi connectivity index (χ4n) is 1.81. The van der Waals surface area contributed by atoms with E-state index in [1.54, 1.807) is 0 Å². The van der Waals surface area contributed by atoms with Crippen LogP contribution in [-0.2, 0) is 0 Å². The molecule has 1 rings (SSSR count). The molecule has 0 aliphatic carbocycles. The quantitative estimate of drug-likeness (QED) is 0.694. The molecule has 0 saturated carbocycles. The zero-order valence-electron chi connectivity index (χ0n) is 8.88. The van der Waals surface area contributed by atoms with Crippen molar-refractivity contribution in [1.29, 1.82) is 0 Å². The summed E-state index contributed by atoms with van der Waals surface area (Å²) in [5.74, 6) is 1.30. The first-order chi connectivity index (χ1) is 6.34. The highest BCUT2D eigenvalue weighted by atomic mass is 32.2. The summed E-state index contributed by atoms with van der Waals surface area (Å²) in [7, 11) is 0. The zero-order chi connectivity index (χ0) is 9.52. The van der Waals surface area contributed by atoms with E-state index in [-0.39, 0.29) is 0 Å². The van der Waals surface area contributed by atoms with Crippen LogP contribution in [-0.4, -0.2) is 49.1 Å². The molecule has 1 unspecified atom stereocenters. The normalized spacial score (nSPS) is 25.8. The summed E-state index contributed by atoms with van der Waals surface area (Å²) >= 11 is 1.95. The molecular weight excluding hydrogens is 180 g/mol. The molecule has 0 bridgehead atoms. The van der Waals surface area contributed by atoms with Crippen LogP contribution < -0.4 is 5.32 Å². The average Bonchev–Trinajstić information content (AvgIpc) is 2.32. The maximum atomic E-state index is 3.45. The Labute approximate surface area is 86.5 Å². The lowest BCUT2D eigenvalue weighted by molar-refractivity contribution is 0.221. The van der Waals surface area contributed by atoms with E-state index in [1.165, 1.54) is 44.8 Å². The van der Waals surface area contributed by atoms with Gasteiger partial charge in [-0.2, -0.15) is 11.8 Å². The summed E-state index contributed by atoms with van der Waals surface area (Å²) in [5.41, 5.74) is 0. The van der Waals surface area contributed by atoms with Crippen molar-refractivity contribution in [3.63, 3.8) is 0 Å². The monoisotopic (exact) mass is 202 g/mol. The van der Waals surface area contributed by atoms with Crippen LogP contribution in [0.4, 0.5) is 0 Å². The minimum absolute atomic E-state index is 0.775. The Balaban J connectivity index is 2.19. The Morgan fingerprint density at radius 3 is 3.08 bits per heavy atom.